The molecule has 12 heavy (non-hydrogen) atoms. The highest BCUT2D eigenvalue weighted by Crippen LogP contribution is 2.39. The Kier molecular flexibility index (Phi) is 2.42. The Morgan fingerprint density at radius 1 is 1.50 bits per heavy atom. The SMILES string of the molecule is C[C@H]1CC(=NO)[C@H](O)CC1(C)C. The van der Waals surface area contributed by atoms with E-state index in [9.17, 15) is 5.11 Å². The number of aliphatic hydroxyl groups excluding tert-OH is 1. The molecular weight excluding hydrogens is 154 g/mol. The Bertz CT molecular complexity index is 199. The van der Waals surface area contributed by atoms with Crippen molar-refractivity contribution in [1.82, 2.24) is 0 Å². The van der Waals surface area contributed by atoms with E-state index in [1.54, 1.807) is 0 Å². The molecule has 1 aliphatic rings. The van der Waals surface area contributed by atoms with Crippen LogP contribution in [0.1, 0.15) is 33.6 Å². The van der Waals surface area contributed by atoms with Crippen molar-refractivity contribution in [3.63, 3.8) is 0 Å². The zero-order chi connectivity index (χ0) is 9.35. The molecule has 0 unspecified atom stereocenters. The second kappa shape index (κ2) is 3.05. The van der Waals surface area contributed by atoms with Crippen molar-refractivity contribution < 1.29 is 10.3 Å². The molecule has 1 aliphatic carbocycles. The highest BCUT2D eigenvalue weighted by Gasteiger charge is 2.37. The minimum Gasteiger partial charge on any atom is -0.411 e. The monoisotopic (exact) mass is 171 g/mol. The molecule has 2 N–H and O–H groups in total. The fourth-order valence-corrected chi connectivity index (χ4v) is 1.65. The lowest BCUT2D eigenvalue weighted by atomic mass is 9.68. The summed E-state index contributed by atoms with van der Waals surface area (Å²) in [7, 11) is 0. The zero-order valence-electron chi connectivity index (χ0n) is 7.91. The van der Waals surface area contributed by atoms with Gasteiger partial charge in [-0.3, -0.25) is 0 Å². The van der Waals surface area contributed by atoms with Gasteiger partial charge in [0, 0.05) is 0 Å². The summed E-state index contributed by atoms with van der Waals surface area (Å²) in [5, 5.41) is 21.2. The molecule has 1 fully saturated rings. The summed E-state index contributed by atoms with van der Waals surface area (Å²) in [6.07, 6.45) is 0.833. The molecular formula is C9H17NO2. The summed E-state index contributed by atoms with van der Waals surface area (Å²) in [4.78, 5) is 0. The van der Waals surface area contributed by atoms with Crippen LogP contribution in [0.3, 0.4) is 0 Å². The highest BCUT2D eigenvalue weighted by atomic mass is 16.4. The fraction of sp³-hybridized carbons (Fsp3) is 0.889. The van der Waals surface area contributed by atoms with Crippen LogP contribution in [0.25, 0.3) is 0 Å². The molecule has 0 amide bonds. The summed E-state index contributed by atoms with van der Waals surface area (Å²) in [6.45, 7) is 6.39. The lowest BCUT2D eigenvalue weighted by Crippen LogP contribution is -2.39. The van der Waals surface area contributed by atoms with Crippen LogP contribution in [0, 0.1) is 11.3 Å². The van der Waals surface area contributed by atoms with Gasteiger partial charge in [0.1, 0.15) is 0 Å². The summed E-state index contributed by atoms with van der Waals surface area (Å²) in [5.74, 6) is 0.465. The highest BCUT2D eigenvalue weighted by molar-refractivity contribution is 5.89. The van der Waals surface area contributed by atoms with E-state index in [2.05, 4.69) is 25.9 Å². The number of hydrogen-bond acceptors (Lipinski definition) is 3. The Morgan fingerprint density at radius 2 is 2.08 bits per heavy atom. The normalized spacial score (nSPS) is 38.5. The van der Waals surface area contributed by atoms with Crippen molar-refractivity contribution in [3.05, 3.63) is 0 Å². The van der Waals surface area contributed by atoms with Crippen LogP contribution < -0.4 is 0 Å². The van der Waals surface area contributed by atoms with Crippen molar-refractivity contribution in [2.24, 2.45) is 16.5 Å². The maximum atomic E-state index is 9.53. The standard InChI is InChI=1S/C9H17NO2/c1-6-4-7(10-12)8(11)5-9(6,2)3/h6,8,11-12H,4-5H2,1-3H3/t6-,8+/m0/s1. The minimum atomic E-state index is -0.554. The summed E-state index contributed by atoms with van der Waals surface area (Å²) in [5.41, 5.74) is 0.676. The van der Waals surface area contributed by atoms with E-state index in [0.29, 0.717) is 24.5 Å². The molecule has 0 radical (unpaired) electrons. The third kappa shape index (κ3) is 1.61. The van der Waals surface area contributed by atoms with E-state index in [1.165, 1.54) is 0 Å². The molecule has 0 aromatic carbocycles. The van der Waals surface area contributed by atoms with Crippen LogP contribution in [0.4, 0.5) is 0 Å². The average Bonchev–Trinajstić information content (AvgIpc) is 1.96. The minimum absolute atomic E-state index is 0.146. The van der Waals surface area contributed by atoms with Gasteiger partial charge < -0.3 is 10.3 Å². The van der Waals surface area contributed by atoms with E-state index in [-0.39, 0.29) is 5.41 Å². The number of hydrogen-bond donors (Lipinski definition) is 2. The quantitative estimate of drug-likeness (QED) is 0.430. The molecule has 1 rings (SSSR count). The smallest absolute Gasteiger partial charge is 0.0959 e. The van der Waals surface area contributed by atoms with E-state index in [0.717, 1.165) is 0 Å². The van der Waals surface area contributed by atoms with E-state index >= 15 is 0 Å². The largest absolute Gasteiger partial charge is 0.411 e. The van der Waals surface area contributed by atoms with Gasteiger partial charge in [-0.2, -0.15) is 0 Å². The Hall–Kier alpha value is -0.570. The van der Waals surface area contributed by atoms with Crippen molar-refractivity contribution >= 4 is 5.71 Å². The van der Waals surface area contributed by atoms with Crippen LogP contribution >= 0.6 is 0 Å². The molecule has 0 aromatic rings. The summed E-state index contributed by atoms with van der Waals surface area (Å²) < 4.78 is 0. The zero-order valence-corrected chi connectivity index (χ0v) is 7.91. The molecule has 3 nitrogen and oxygen atoms in total. The molecule has 0 saturated heterocycles. The van der Waals surface area contributed by atoms with Crippen molar-refractivity contribution in [2.45, 2.75) is 39.7 Å². The number of rotatable bonds is 0. The molecule has 3 heteroatoms. The topological polar surface area (TPSA) is 52.8 Å². The van der Waals surface area contributed by atoms with Gasteiger partial charge in [-0.15, -0.1) is 0 Å². The van der Waals surface area contributed by atoms with E-state index in [4.69, 9.17) is 5.21 Å². The molecule has 0 aromatic heterocycles. The van der Waals surface area contributed by atoms with Crippen LogP contribution in [0.5, 0.6) is 0 Å². The predicted molar refractivity (Wildman–Crippen MR) is 47.4 cm³/mol. The third-order valence-corrected chi connectivity index (χ3v) is 3.08. The summed E-state index contributed by atoms with van der Waals surface area (Å²) >= 11 is 0. The van der Waals surface area contributed by atoms with Gasteiger partial charge in [-0.05, 0) is 24.2 Å². The molecule has 0 aliphatic heterocycles. The first-order chi connectivity index (χ1) is 5.47. The maximum Gasteiger partial charge on any atom is 0.0959 e. The molecule has 1 saturated carbocycles. The van der Waals surface area contributed by atoms with Crippen LogP contribution in [0.2, 0.25) is 0 Å². The summed E-state index contributed by atoms with van der Waals surface area (Å²) in [6, 6.07) is 0. The van der Waals surface area contributed by atoms with Crippen molar-refractivity contribution in [1.29, 1.82) is 0 Å². The number of oxime groups is 1. The third-order valence-electron chi connectivity index (χ3n) is 3.08. The lowest BCUT2D eigenvalue weighted by molar-refractivity contribution is 0.0978. The lowest BCUT2D eigenvalue weighted by Gasteiger charge is -2.39. The van der Waals surface area contributed by atoms with Gasteiger partial charge in [0.05, 0.1) is 11.8 Å². The fourth-order valence-electron chi connectivity index (χ4n) is 1.65. The van der Waals surface area contributed by atoms with Gasteiger partial charge in [0.2, 0.25) is 0 Å². The number of aliphatic hydroxyl groups is 1. The Morgan fingerprint density at radius 3 is 2.58 bits per heavy atom. The second-order valence-electron chi connectivity index (χ2n) is 4.41. The first-order valence-electron chi connectivity index (χ1n) is 4.36. The number of nitrogens with zero attached hydrogens (tertiary/aromatic N) is 1. The molecule has 2 atom stereocenters. The van der Waals surface area contributed by atoms with E-state index in [1.807, 2.05) is 0 Å². The van der Waals surface area contributed by atoms with Gasteiger partial charge >= 0.3 is 0 Å². The van der Waals surface area contributed by atoms with Crippen molar-refractivity contribution in [3.8, 4) is 0 Å². The molecule has 70 valence electrons. The van der Waals surface area contributed by atoms with Crippen LogP contribution in [-0.2, 0) is 0 Å². The first-order valence-corrected chi connectivity index (χ1v) is 4.36. The van der Waals surface area contributed by atoms with Crippen molar-refractivity contribution in [2.75, 3.05) is 0 Å². The van der Waals surface area contributed by atoms with Crippen LogP contribution in [-0.4, -0.2) is 22.1 Å². The van der Waals surface area contributed by atoms with Gasteiger partial charge in [0.25, 0.3) is 0 Å². The Balaban J connectivity index is 2.76. The predicted octanol–water partition coefficient (Wildman–Crippen LogP) is 1.63. The molecule has 0 bridgehead atoms. The Labute approximate surface area is 73.1 Å². The van der Waals surface area contributed by atoms with Gasteiger partial charge in [-0.1, -0.05) is 25.9 Å². The molecule has 0 heterocycles. The van der Waals surface area contributed by atoms with E-state index < -0.39 is 6.10 Å². The maximum absolute atomic E-state index is 9.53. The average molecular weight is 171 g/mol. The second-order valence-corrected chi connectivity index (χ2v) is 4.41. The van der Waals surface area contributed by atoms with Gasteiger partial charge in [-0.25, -0.2) is 0 Å². The van der Waals surface area contributed by atoms with Crippen LogP contribution in [0.15, 0.2) is 5.16 Å². The van der Waals surface area contributed by atoms with Gasteiger partial charge in [0.15, 0.2) is 0 Å². The first kappa shape index (κ1) is 9.52. The molecule has 0 spiro atoms.